The summed E-state index contributed by atoms with van der Waals surface area (Å²) in [5.74, 6) is 2.29. The first-order valence-electron chi connectivity index (χ1n) is 6.49. The Morgan fingerprint density at radius 1 is 1.24 bits per heavy atom. The standard InChI is InChI=1S/C15H23ClO/c1-3-4-5-8-13(12-16)11-14-9-6-7-10-15(14)17-2/h6-7,9-10,13H,3-5,8,11-12H2,1-2H3. The number of methoxy groups -OCH3 is 1. The van der Waals surface area contributed by atoms with Gasteiger partial charge in [0.05, 0.1) is 7.11 Å². The summed E-state index contributed by atoms with van der Waals surface area (Å²) in [6, 6.07) is 8.23. The van der Waals surface area contributed by atoms with Gasteiger partial charge in [0.1, 0.15) is 5.75 Å². The van der Waals surface area contributed by atoms with Gasteiger partial charge in [0.2, 0.25) is 0 Å². The zero-order valence-corrected chi connectivity index (χ0v) is 11.7. The molecule has 0 fully saturated rings. The van der Waals surface area contributed by atoms with E-state index in [0.717, 1.165) is 18.1 Å². The molecule has 0 saturated carbocycles. The molecule has 0 heterocycles. The van der Waals surface area contributed by atoms with E-state index in [4.69, 9.17) is 16.3 Å². The number of alkyl halides is 1. The molecule has 1 unspecified atom stereocenters. The molecule has 0 aliphatic rings. The van der Waals surface area contributed by atoms with E-state index < -0.39 is 0 Å². The van der Waals surface area contributed by atoms with Crippen LogP contribution in [0.5, 0.6) is 5.75 Å². The fourth-order valence-electron chi connectivity index (χ4n) is 2.10. The number of ether oxygens (including phenoxy) is 1. The van der Waals surface area contributed by atoms with E-state index in [1.807, 2.05) is 12.1 Å². The third-order valence-corrected chi connectivity index (χ3v) is 3.57. The van der Waals surface area contributed by atoms with Gasteiger partial charge in [-0.1, -0.05) is 44.4 Å². The van der Waals surface area contributed by atoms with Crippen molar-refractivity contribution in [3.8, 4) is 5.75 Å². The third kappa shape index (κ3) is 4.99. The molecular weight excluding hydrogens is 232 g/mol. The summed E-state index contributed by atoms with van der Waals surface area (Å²) in [6.45, 7) is 2.23. The van der Waals surface area contributed by atoms with E-state index in [1.165, 1.54) is 31.2 Å². The Labute approximate surface area is 110 Å². The van der Waals surface area contributed by atoms with Gasteiger partial charge in [-0.3, -0.25) is 0 Å². The van der Waals surface area contributed by atoms with Crippen molar-refractivity contribution in [3.63, 3.8) is 0 Å². The second-order valence-corrected chi connectivity index (χ2v) is 4.84. The molecule has 1 aromatic carbocycles. The maximum absolute atomic E-state index is 6.05. The van der Waals surface area contributed by atoms with Crippen LogP contribution in [0.15, 0.2) is 24.3 Å². The van der Waals surface area contributed by atoms with Gasteiger partial charge in [0.15, 0.2) is 0 Å². The van der Waals surface area contributed by atoms with Gasteiger partial charge in [0.25, 0.3) is 0 Å². The Kier molecular flexibility index (Phi) is 7.11. The van der Waals surface area contributed by atoms with Crippen LogP contribution in [0.25, 0.3) is 0 Å². The number of unbranched alkanes of at least 4 members (excludes halogenated alkanes) is 2. The van der Waals surface area contributed by atoms with E-state index in [-0.39, 0.29) is 0 Å². The summed E-state index contributed by atoms with van der Waals surface area (Å²) >= 11 is 6.05. The molecule has 0 amide bonds. The first-order chi connectivity index (χ1) is 8.31. The van der Waals surface area contributed by atoms with Crippen LogP contribution in [0.3, 0.4) is 0 Å². The lowest BCUT2D eigenvalue weighted by Crippen LogP contribution is -2.07. The molecule has 2 heteroatoms. The van der Waals surface area contributed by atoms with Gasteiger partial charge >= 0.3 is 0 Å². The largest absolute Gasteiger partial charge is 0.496 e. The Hall–Kier alpha value is -0.690. The molecule has 1 aromatic rings. The highest BCUT2D eigenvalue weighted by Crippen LogP contribution is 2.24. The predicted octanol–water partition coefficient (Wildman–Crippen LogP) is 4.67. The molecule has 0 radical (unpaired) electrons. The Morgan fingerprint density at radius 3 is 2.65 bits per heavy atom. The highest BCUT2D eigenvalue weighted by Gasteiger charge is 2.11. The van der Waals surface area contributed by atoms with Crippen molar-refractivity contribution in [1.29, 1.82) is 0 Å². The molecule has 0 aliphatic heterocycles. The van der Waals surface area contributed by atoms with Crippen molar-refractivity contribution in [2.45, 2.75) is 39.0 Å². The SMILES string of the molecule is CCCCCC(CCl)Cc1ccccc1OC. The van der Waals surface area contributed by atoms with E-state index in [9.17, 15) is 0 Å². The minimum atomic E-state index is 0.569. The highest BCUT2D eigenvalue weighted by atomic mass is 35.5. The number of para-hydroxylation sites is 1. The summed E-state index contributed by atoms with van der Waals surface area (Å²) in [6.07, 6.45) is 6.10. The Morgan fingerprint density at radius 2 is 2.00 bits per heavy atom. The van der Waals surface area contributed by atoms with Crippen molar-refractivity contribution in [3.05, 3.63) is 29.8 Å². The molecule has 0 bridgehead atoms. The average Bonchev–Trinajstić information content (AvgIpc) is 2.38. The van der Waals surface area contributed by atoms with Crippen molar-refractivity contribution < 1.29 is 4.74 Å². The topological polar surface area (TPSA) is 9.23 Å². The van der Waals surface area contributed by atoms with Crippen LogP contribution >= 0.6 is 11.6 Å². The molecule has 0 saturated heterocycles. The van der Waals surface area contributed by atoms with Crippen LogP contribution in [0.1, 0.15) is 38.2 Å². The smallest absolute Gasteiger partial charge is 0.122 e. The molecule has 1 rings (SSSR count). The maximum Gasteiger partial charge on any atom is 0.122 e. The van der Waals surface area contributed by atoms with Gasteiger partial charge in [-0.05, 0) is 30.4 Å². The zero-order valence-electron chi connectivity index (χ0n) is 10.9. The van der Waals surface area contributed by atoms with E-state index in [1.54, 1.807) is 7.11 Å². The maximum atomic E-state index is 6.05. The van der Waals surface area contributed by atoms with Gasteiger partial charge in [-0.2, -0.15) is 0 Å². The summed E-state index contributed by atoms with van der Waals surface area (Å²) in [7, 11) is 1.73. The Balaban J connectivity index is 2.54. The normalized spacial score (nSPS) is 12.4. The van der Waals surface area contributed by atoms with Crippen molar-refractivity contribution in [2.24, 2.45) is 5.92 Å². The van der Waals surface area contributed by atoms with Gasteiger partial charge < -0.3 is 4.74 Å². The van der Waals surface area contributed by atoms with Crippen LogP contribution in [-0.2, 0) is 6.42 Å². The second kappa shape index (κ2) is 8.41. The molecule has 0 N–H and O–H groups in total. The fraction of sp³-hybridized carbons (Fsp3) is 0.600. The van der Waals surface area contributed by atoms with Crippen LogP contribution < -0.4 is 4.74 Å². The lowest BCUT2D eigenvalue weighted by molar-refractivity contribution is 0.403. The summed E-state index contributed by atoms with van der Waals surface area (Å²) < 4.78 is 5.37. The summed E-state index contributed by atoms with van der Waals surface area (Å²) in [5, 5.41) is 0. The van der Waals surface area contributed by atoms with Crippen LogP contribution in [0.4, 0.5) is 0 Å². The number of rotatable bonds is 8. The molecule has 0 spiro atoms. The zero-order chi connectivity index (χ0) is 12.5. The number of hydrogen-bond acceptors (Lipinski definition) is 1. The third-order valence-electron chi connectivity index (χ3n) is 3.14. The highest BCUT2D eigenvalue weighted by molar-refractivity contribution is 6.18. The van der Waals surface area contributed by atoms with Crippen molar-refractivity contribution >= 4 is 11.6 Å². The quantitative estimate of drug-likeness (QED) is 0.484. The lowest BCUT2D eigenvalue weighted by Gasteiger charge is -2.15. The number of halogens is 1. The predicted molar refractivity (Wildman–Crippen MR) is 75.1 cm³/mol. The average molecular weight is 255 g/mol. The van der Waals surface area contributed by atoms with Crippen LogP contribution in [0.2, 0.25) is 0 Å². The lowest BCUT2D eigenvalue weighted by atomic mass is 9.95. The first-order valence-corrected chi connectivity index (χ1v) is 7.03. The molecular formula is C15H23ClO. The molecule has 96 valence electrons. The number of hydrogen-bond donors (Lipinski definition) is 0. The Bertz CT molecular complexity index is 312. The van der Waals surface area contributed by atoms with Crippen LogP contribution in [-0.4, -0.2) is 13.0 Å². The monoisotopic (exact) mass is 254 g/mol. The van der Waals surface area contributed by atoms with Gasteiger partial charge in [-0.15, -0.1) is 11.6 Å². The van der Waals surface area contributed by atoms with E-state index >= 15 is 0 Å². The minimum absolute atomic E-state index is 0.569. The van der Waals surface area contributed by atoms with Gasteiger partial charge in [-0.25, -0.2) is 0 Å². The molecule has 0 aliphatic carbocycles. The second-order valence-electron chi connectivity index (χ2n) is 4.53. The van der Waals surface area contributed by atoms with Crippen LogP contribution in [0, 0.1) is 5.92 Å². The fourth-order valence-corrected chi connectivity index (χ4v) is 2.36. The summed E-state index contributed by atoms with van der Waals surface area (Å²) in [5.41, 5.74) is 1.28. The van der Waals surface area contributed by atoms with Crippen molar-refractivity contribution in [2.75, 3.05) is 13.0 Å². The van der Waals surface area contributed by atoms with E-state index in [0.29, 0.717) is 5.92 Å². The van der Waals surface area contributed by atoms with Crippen molar-refractivity contribution in [1.82, 2.24) is 0 Å². The summed E-state index contributed by atoms with van der Waals surface area (Å²) in [4.78, 5) is 0. The molecule has 0 aromatic heterocycles. The minimum Gasteiger partial charge on any atom is -0.496 e. The molecule has 1 atom stereocenters. The first kappa shape index (κ1) is 14.4. The van der Waals surface area contributed by atoms with E-state index in [2.05, 4.69) is 19.1 Å². The number of benzene rings is 1. The van der Waals surface area contributed by atoms with Gasteiger partial charge in [0, 0.05) is 5.88 Å². The molecule has 1 nitrogen and oxygen atoms in total. The molecule has 17 heavy (non-hydrogen) atoms.